The van der Waals surface area contributed by atoms with Crippen LogP contribution in [0.4, 0.5) is 13.2 Å². The predicted octanol–water partition coefficient (Wildman–Crippen LogP) is 3.75. The van der Waals surface area contributed by atoms with E-state index < -0.39 is 24.6 Å². The first-order valence-electron chi connectivity index (χ1n) is 7.16. The van der Waals surface area contributed by atoms with Crippen LogP contribution >= 0.6 is 11.6 Å². The molecule has 7 heteroatoms. The zero-order valence-electron chi connectivity index (χ0n) is 12.8. The normalized spacial score (nSPS) is 18.3. The molecular formula is C16H17ClF3NO2. The van der Waals surface area contributed by atoms with Crippen LogP contribution in [0.2, 0.25) is 5.02 Å². The van der Waals surface area contributed by atoms with Crippen molar-refractivity contribution in [3.05, 3.63) is 46.3 Å². The third-order valence-corrected chi connectivity index (χ3v) is 3.95. The summed E-state index contributed by atoms with van der Waals surface area (Å²) in [6.07, 6.45) is -2.00. The summed E-state index contributed by atoms with van der Waals surface area (Å²) in [5.41, 5.74) is 1.97. The van der Waals surface area contributed by atoms with Crippen LogP contribution in [0.25, 0.3) is 0 Å². The number of benzene rings is 1. The van der Waals surface area contributed by atoms with Crippen molar-refractivity contribution in [3.8, 4) is 0 Å². The molecule has 1 aliphatic heterocycles. The lowest BCUT2D eigenvalue weighted by Crippen LogP contribution is -2.32. The molecule has 126 valence electrons. The van der Waals surface area contributed by atoms with Crippen molar-refractivity contribution in [3.63, 3.8) is 0 Å². The number of ether oxygens (including phenoxy) is 1. The van der Waals surface area contributed by atoms with Gasteiger partial charge in [-0.1, -0.05) is 24.6 Å². The second kappa shape index (κ2) is 6.83. The lowest BCUT2D eigenvalue weighted by molar-refractivity contribution is -0.166. The highest BCUT2D eigenvalue weighted by Gasteiger charge is 2.36. The Hall–Kier alpha value is -1.69. The highest BCUT2D eigenvalue weighted by atomic mass is 35.5. The van der Waals surface area contributed by atoms with Gasteiger partial charge in [0.05, 0.1) is 6.04 Å². The summed E-state index contributed by atoms with van der Waals surface area (Å²) in [6.45, 7) is 0.512. The van der Waals surface area contributed by atoms with Crippen LogP contribution < -0.4 is 0 Å². The lowest BCUT2D eigenvalue weighted by Gasteiger charge is -2.20. The van der Waals surface area contributed by atoms with Crippen molar-refractivity contribution in [1.82, 2.24) is 4.90 Å². The van der Waals surface area contributed by atoms with E-state index in [-0.39, 0.29) is 5.76 Å². The Morgan fingerprint density at radius 3 is 2.61 bits per heavy atom. The molecule has 23 heavy (non-hydrogen) atoms. The number of carbonyl (C=O) groups is 1. The largest absolute Gasteiger partial charge is 0.479 e. The number of likely N-dealkylation sites (N-methyl/N-ethyl adjacent to an activating group) is 1. The number of rotatable bonds is 5. The first-order chi connectivity index (χ1) is 10.7. The highest BCUT2D eigenvalue weighted by molar-refractivity contribution is 6.30. The predicted molar refractivity (Wildman–Crippen MR) is 81.2 cm³/mol. The maximum Gasteiger partial charge on any atom is 0.422 e. The Morgan fingerprint density at radius 1 is 1.30 bits per heavy atom. The van der Waals surface area contributed by atoms with E-state index in [1.165, 1.54) is 6.20 Å². The summed E-state index contributed by atoms with van der Waals surface area (Å²) >= 11 is 5.96. The third-order valence-electron chi connectivity index (χ3n) is 3.71. The van der Waals surface area contributed by atoms with Gasteiger partial charge in [-0.2, -0.15) is 13.2 Å². The molecular weight excluding hydrogens is 331 g/mol. The fourth-order valence-electron chi connectivity index (χ4n) is 2.52. The van der Waals surface area contributed by atoms with Crippen molar-refractivity contribution >= 4 is 17.4 Å². The SMILES string of the molecule is CCc1cc(Cl)ccc1CC1C(=O)C(OCC(F)(F)F)=CN1C. The number of nitrogens with zero attached hydrogens (tertiary/aromatic N) is 1. The molecule has 0 spiro atoms. The standard InChI is InChI=1S/C16H17ClF3NO2/c1-3-10-6-12(17)5-4-11(10)7-13-15(22)14(8-21(13)2)23-9-16(18,19)20/h4-6,8,13H,3,7,9H2,1-2H3. The van der Waals surface area contributed by atoms with Gasteiger partial charge in [-0.15, -0.1) is 0 Å². The van der Waals surface area contributed by atoms with Gasteiger partial charge in [0.15, 0.2) is 12.4 Å². The molecule has 1 atom stereocenters. The Labute approximate surface area is 137 Å². The molecule has 1 heterocycles. The van der Waals surface area contributed by atoms with Crippen LogP contribution in [0.3, 0.4) is 0 Å². The maximum atomic E-state index is 12.3. The summed E-state index contributed by atoms with van der Waals surface area (Å²) in [5.74, 6) is -0.685. The zero-order valence-corrected chi connectivity index (χ0v) is 13.5. The van der Waals surface area contributed by atoms with Gasteiger partial charge in [-0.05, 0) is 29.7 Å². The summed E-state index contributed by atoms with van der Waals surface area (Å²) in [4.78, 5) is 13.9. The quantitative estimate of drug-likeness (QED) is 0.812. The summed E-state index contributed by atoms with van der Waals surface area (Å²) in [7, 11) is 1.65. The molecule has 0 aliphatic carbocycles. The first kappa shape index (κ1) is 17.7. The molecule has 0 saturated carbocycles. The van der Waals surface area contributed by atoms with E-state index in [0.29, 0.717) is 11.4 Å². The number of hydrogen-bond acceptors (Lipinski definition) is 3. The van der Waals surface area contributed by atoms with Gasteiger partial charge in [0.1, 0.15) is 0 Å². The minimum Gasteiger partial charge on any atom is -0.479 e. The molecule has 2 rings (SSSR count). The monoisotopic (exact) mass is 347 g/mol. The average Bonchev–Trinajstić information content (AvgIpc) is 2.73. The Balaban J connectivity index is 2.09. The van der Waals surface area contributed by atoms with Crippen molar-refractivity contribution in [2.45, 2.75) is 32.0 Å². The second-order valence-electron chi connectivity index (χ2n) is 5.41. The van der Waals surface area contributed by atoms with E-state index in [1.54, 1.807) is 18.0 Å². The molecule has 1 aromatic carbocycles. The number of halogens is 4. The van der Waals surface area contributed by atoms with Crippen LogP contribution in [-0.2, 0) is 22.4 Å². The van der Waals surface area contributed by atoms with Gasteiger partial charge in [-0.3, -0.25) is 4.79 Å². The third kappa shape index (κ3) is 4.41. The average molecular weight is 348 g/mol. The van der Waals surface area contributed by atoms with Crippen molar-refractivity contribution in [2.75, 3.05) is 13.7 Å². The van der Waals surface area contributed by atoms with Crippen molar-refractivity contribution in [2.24, 2.45) is 0 Å². The summed E-state index contributed by atoms with van der Waals surface area (Å²) < 4.78 is 41.3. The maximum absolute atomic E-state index is 12.3. The van der Waals surface area contributed by atoms with Crippen molar-refractivity contribution < 1.29 is 22.7 Å². The fraction of sp³-hybridized carbons (Fsp3) is 0.438. The Morgan fingerprint density at radius 2 is 2.00 bits per heavy atom. The minimum atomic E-state index is -4.47. The van der Waals surface area contributed by atoms with Gasteiger partial charge in [0.25, 0.3) is 0 Å². The fourth-order valence-corrected chi connectivity index (χ4v) is 2.72. The van der Waals surface area contributed by atoms with Crippen LogP contribution in [0.5, 0.6) is 0 Å². The Kier molecular flexibility index (Phi) is 5.24. The number of alkyl halides is 3. The van der Waals surface area contributed by atoms with E-state index in [2.05, 4.69) is 4.74 Å². The number of ketones is 1. The molecule has 0 radical (unpaired) electrons. The molecule has 0 fully saturated rings. The molecule has 0 aromatic heterocycles. The first-order valence-corrected chi connectivity index (χ1v) is 7.54. The summed E-state index contributed by atoms with van der Waals surface area (Å²) in [5, 5.41) is 0.615. The van der Waals surface area contributed by atoms with Gasteiger partial charge in [0, 0.05) is 24.7 Å². The minimum absolute atomic E-state index is 0.248. The molecule has 0 bridgehead atoms. The van der Waals surface area contributed by atoms with Crippen LogP contribution in [0, 0.1) is 0 Å². The van der Waals surface area contributed by atoms with E-state index in [0.717, 1.165) is 17.5 Å². The number of Topliss-reactive ketones (excluding diaryl/α,β-unsaturated/α-hetero) is 1. The number of hydrogen-bond donors (Lipinski definition) is 0. The second-order valence-corrected chi connectivity index (χ2v) is 5.85. The molecule has 1 aliphatic rings. The van der Waals surface area contributed by atoms with Gasteiger partial charge < -0.3 is 9.64 Å². The summed E-state index contributed by atoms with van der Waals surface area (Å²) in [6, 6.07) is 4.86. The zero-order chi connectivity index (χ0) is 17.2. The number of carbonyl (C=O) groups excluding carboxylic acids is 1. The molecule has 1 aromatic rings. The molecule has 0 saturated heterocycles. The Bertz CT molecular complexity index is 628. The van der Waals surface area contributed by atoms with Crippen LogP contribution in [-0.4, -0.2) is 36.6 Å². The van der Waals surface area contributed by atoms with E-state index in [1.807, 2.05) is 19.1 Å². The van der Waals surface area contributed by atoms with E-state index in [4.69, 9.17) is 11.6 Å². The van der Waals surface area contributed by atoms with Crippen molar-refractivity contribution in [1.29, 1.82) is 0 Å². The van der Waals surface area contributed by atoms with Gasteiger partial charge in [-0.25, -0.2) is 0 Å². The molecule has 3 nitrogen and oxygen atoms in total. The number of aryl methyl sites for hydroxylation is 1. The molecule has 1 unspecified atom stereocenters. The van der Waals surface area contributed by atoms with E-state index >= 15 is 0 Å². The van der Waals surface area contributed by atoms with Gasteiger partial charge >= 0.3 is 6.18 Å². The van der Waals surface area contributed by atoms with Gasteiger partial charge in [0.2, 0.25) is 5.78 Å². The van der Waals surface area contributed by atoms with Crippen LogP contribution in [0.1, 0.15) is 18.1 Å². The topological polar surface area (TPSA) is 29.5 Å². The highest BCUT2D eigenvalue weighted by Crippen LogP contribution is 2.26. The van der Waals surface area contributed by atoms with E-state index in [9.17, 15) is 18.0 Å². The lowest BCUT2D eigenvalue weighted by atomic mass is 9.97. The smallest absolute Gasteiger partial charge is 0.422 e. The molecule has 0 amide bonds. The molecule has 0 N–H and O–H groups in total. The van der Waals surface area contributed by atoms with Crippen LogP contribution in [0.15, 0.2) is 30.2 Å².